The van der Waals surface area contributed by atoms with Crippen LogP contribution in [0, 0.1) is 6.92 Å². The number of aryl methyl sites for hydroxylation is 1. The summed E-state index contributed by atoms with van der Waals surface area (Å²) in [6.45, 7) is 2.85. The number of aromatic nitrogens is 2. The number of para-hydroxylation sites is 1. The highest BCUT2D eigenvalue weighted by Gasteiger charge is 2.12. The Morgan fingerprint density at radius 1 is 1.23 bits per heavy atom. The van der Waals surface area contributed by atoms with Crippen molar-refractivity contribution < 1.29 is 9.53 Å². The number of benzene rings is 2. The van der Waals surface area contributed by atoms with Crippen molar-refractivity contribution in [3.05, 3.63) is 59.8 Å². The summed E-state index contributed by atoms with van der Waals surface area (Å²) in [5.74, 6) is 0.602. The van der Waals surface area contributed by atoms with E-state index in [0.717, 1.165) is 22.2 Å². The van der Waals surface area contributed by atoms with Crippen LogP contribution in [-0.4, -0.2) is 29.3 Å². The van der Waals surface area contributed by atoms with Crippen LogP contribution in [0.5, 0.6) is 5.75 Å². The molecule has 2 N–H and O–H groups in total. The number of hydrogen-bond acceptors (Lipinski definition) is 3. The maximum Gasteiger partial charge on any atom is 0.272 e. The number of carbonyl (C=O) groups excluding carboxylic acids is 1. The molecule has 0 saturated heterocycles. The Kier molecular flexibility index (Phi) is 4.05. The van der Waals surface area contributed by atoms with E-state index in [1.54, 1.807) is 0 Å². The van der Waals surface area contributed by atoms with E-state index in [9.17, 15) is 4.79 Å². The second kappa shape index (κ2) is 6.30. The first-order valence-corrected chi connectivity index (χ1v) is 7.15. The van der Waals surface area contributed by atoms with Gasteiger partial charge < -0.3 is 10.1 Å². The van der Waals surface area contributed by atoms with Crippen molar-refractivity contribution in [2.45, 2.75) is 6.92 Å². The average molecular weight is 295 g/mol. The third kappa shape index (κ3) is 3.09. The van der Waals surface area contributed by atoms with Gasteiger partial charge >= 0.3 is 0 Å². The van der Waals surface area contributed by atoms with E-state index in [2.05, 4.69) is 15.5 Å². The number of rotatable bonds is 5. The number of H-pyrrole nitrogens is 1. The van der Waals surface area contributed by atoms with E-state index < -0.39 is 0 Å². The maximum absolute atomic E-state index is 12.1. The van der Waals surface area contributed by atoms with Crippen molar-refractivity contribution in [1.82, 2.24) is 15.5 Å². The summed E-state index contributed by atoms with van der Waals surface area (Å²) in [4.78, 5) is 12.1. The van der Waals surface area contributed by atoms with Crippen molar-refractivity contribution in [2.75, 3.05) is 13.2 Å². The van der Waals surface area contributed by atoms with Crippen LogP contribution in [0.1, 0.15) is 16.1 Å². The van der Waals surface area contributed by atoms with Gasteiger partial charge in [0.15, 0.2) is 5.69 Å². The predicted molar refractivity (Wildman–Crippen MR) is 85.1 cm³/mol. The highest BCUT2D eigenvalue weighted by molar-refractivity contribution is 6.04. The molecule has 112 valence electrons. The highest BCUT2D eigenvalue weighted by Crippen LogP contribution is 2.15. The molecule has 3 rings (SSSR count). The van der Waals surface area contributed by atoms with Crippen molar-refractivity contribution in [2.24, 2.45) is 0 Å². The predicted octanol–water partition coefficient (Wildman–Crippen LogP) is 2.68. The molecule has 1 heterocycles. The Bertz CT molecular complexity index is 795. The number of hydrogen-bond donors (Lipinski definition) is 2. The number of carbonyl (C=O) groups is 1. The molecular formula is C17H17N3O2. The minimum atomic E-state index is -0.203. The first-order chi connectivity index (χ1) is 10.7. The van der Waals surface area contributed by atoms with Gasteiger partial charge in [0.25, 0.3) is 5.91 Å². The lowest BCUT2D eigenvalue weighted by atomic mass is 10.2. The molecule has 0 radical (unpaired) electrons. The van der Waals surface area contributed by atoms with Crippen LogP contribution < -0.4 is 10.1 Å². The molecule has 3 aromatic rings. The third-order valence-corrected chi connectivity index (χ3v) is 3.33. The second-order valence-electron chi connectivity index (χ2n) is 5.04. The lowest BCUT2D eigenvalue weighted by Crippen LogP contribution is -2.28. The minimum Gasteiger partial charge on any atom is -0.492 e. The summed E-state index contributed by atoms with van der Waals surface area (Å²) in [5.41, 5.74) is 2.40. The Balaban J connectivity index is 1.54. The van der Waals surface area contributed by atoms with Gasteiger partial charge in [0, 0.05) is 5.39 Å². The van der Waals surface area contributed by atoms with Gasteiger partial charge in [0.05, 0.1) is 12.1 Å². The molecule has 0 fully saturated rings. The molecule has 1 amide bonds. The quantitative estimate of drug-likeness (QED) is 0.711. The molecule has 0 atom stereocenters. The first kappa shape index (κ1) is 14.1. The molecule has 2 aromatic carbocycles. The fourth-order valence-corrected chi connectivity index (χ4v) is 2.26. The number of fused-ring (bicyclic) bond motifs is 1. The van der Waals surface area contributed by atoms with Crippen LogP contribution in [0.2, 0.25) is 0 Å². The molecule has 0 saturated carbocycles. The van der Waals surface area contributed by atoms with E-state index in [-0.39, 0.29) is 5.91 Å². The zero-order valence-corrected chi connectivity index (χ0v) is 12.3. The second-order valence-corrected chi connectivity index (χ2v) is 5.04. The zero-order valence-electron chi connectivity index (χ0n) is 12.3. The Labute approximate surface area is 128 Å². The molecule has 0 aliphatic carbocycles. The van der Waals surface area contributed by atoms with E-state index in [4.69, 9.17) is 4.74 Å². The number of nitrogens with one attached hydrogen (secondary N) is 2. The summed E-state index contributed by atoms with van der Waals surface area (Å²) in [5, 5.41) is 10.6. The van der Waals surface area contributed by atoms with Gasteiger partial charge in [0.2, 0.25) is 0 Å². The van der Waals surface area contributed by atoms with Gasteiger partial charge in [-0.1, -0.05) is 30.3 Å². The van der Waals surface area contributed by atoms with Crippen molar-refractivity contribution in [3.8, 4) is 5.75 Å². The Morgan fingerprint density at radius 2 is 2.09 bits per heavy atom. The topological polar surface area (TPSA) is 67.0 Å². The number of ether oxygens (including phenoxy) is 1. The monoisotopic (exact) mass is 295 g/mol. The van der Waals surface area contributed by atoms with Gasteiger partial charge in [0.1, 0.15) is 12.4 Å². The van der Waals surface area contributed by atoms with Gasteiger partial charge in [-0.25, -0.2) is 0 Å². The summed E-state index contributed by atoms with van der Waals surface area (Å²) in [6.07, 6.45) is 0. The molecule has 0 aliphatic heterocycles. The van der Waals surface area contributed by atoms with Crippen molar-refractivity contribution >= 4 is 16.8 Å². The molecule has 5 nitrogen and oxygen atoms in total. The van der Waals surface area contributed by atoms with Crippen LogP contribution in [0.4, 0.5) is 0 Å². The molecule has 5 heteroatoms. The van der Waals surface area contributed by atoms with Crippen molar-refractivity contribution in [1.29, 1.82) is 0 Å². The van der Waals surface area contributed by atoms with Gasteiger partial charge in [-0.2, -0.15) is 5.10 Å². The van der Waals surface area contributed by atoms with Gasteiger partial charge in [-0.05, 0) is 30.7 Å². The lowest BCUT2D eigenvalue weighted by molar-refractivity contribution is 0.0943. The molecule has 0 unspecified atom stereocenters. The number of amides is 1. The minimum absolute atomic E-state index is 0.203. The van der Waals surface area contributed by atoms with Gasteiger partial charge in [-0.15, -0.1) is 0 Å². The Hall–Kier alpha value is -2.82. The standard InChI is InChI=1S/C17H17N3O2/c1-12-5-4-6-13(11-12)22-10-9-18-17(21)16-14-7-2-3-8-15(14)19-20-16/h2-8,11H,9-10H2,1H3,(H,18,21)(H,19,20). The first-order valence-electron chi connectivity index (χ1n) is 7.15. The molecule has 0 spiro atoms. The normalized spacial score (nSPS) is 10.6. The van der Waals surface area contributed by atoms with E-state index in [0.29, 0.717) is 18.8 Å². The average Bonchev–Trinajstić information content (AvgIpc) is 2.95. The van der Waals surface area contributed by atoms with Crippen LogP contribution >= 0.6 is 0 Å². The van der Waals surface area contributed by atoms with E-state index >= 15 is 0 Å². The fraction of sp³-hybridized carbons (Fsp3) is 0.176. The SMILES string of the molecule is Cc1cccc(OCCNC(=O)c2n[nH]c3ccccc23)c1. The smallest absolute Gasteiger partial charge is 0.272 e. The summed E-state index contributed by atoms with van der Waals surface area (Å²) in [6, 6.07) is 15.4. The summed E-state index contributed by atoms with van der Waals surface area (Å²) in [7, 11) is 0. The maximum atomic E-state index is 12.1. The number of aromatic amines is 1. The summed E-state index contributed by atoms with van der Waals surface area (Å²) >= 11 is 0. The van der Waals surface area contributed by atoms with E-state index in [1.165, 1.54) is 0 Å². The lowest BCUT2D eigenvalue weighted by Gasteiger charge is -2.07. The largest absolute Gasteiger partial charge is 0.492 e. The van der Waals surface area contributed by atoms with Crippen LogP contribution in [0.15, 0.2) is 48.5 Å². The van der Waals surface area contributed by atoms with Gasteiger partial charge in [-0.3, -0.25) is 9.89 Å². The van der Waals surface area contributed by atoms with Crippen molar-refractivity contribution in [3.63, 3.8) is 0 Å². The fourth-order valence-electron chi connectivity index (χ4n) is 2.26. The third-order valence-electron chi connectivity index (χ3n) is 3.33. The molecule has 22 heavy (non-hydrogen) atoms. The van der Waals surface area contributed by atoms with Crippen LogP contribution in [-0.2, 0) is 0 Å². The molecule has 0 bridgehead atoms. The molecule has 0 aliphatic rings. The highest BCUT2D eigenvalue weighted by atomic mass is 16.5. The number of nitrogens with zero attached hydrogens (tertiary/aromatic N) is 1. The van der Waals surface area contributed by atoms with E-state index in [1.807, 2.05) is 55.5 Å². The Morgan fingerprint density at radius 3 is 2.95 bits per heavy atom. The van der Waals surface area contributed by atoms with Crippen LogP contribution in [0.3, 0.4) is 0 Å². The van der Waals surface area contributed by atoms with Crippen LogP contribution in [0.25, 0.3) is 10.9 Å². The summed E-state index contributed by atoms with van der Waals surface area (Å²) < 4.78 is 5.60. The molecular weight excluding hydrogens is 278 g/mol. The molecule has 1 aromatic heterocycles. The zero-order chi connectivity index (χ0) is 15.4.